The summed E-state index contributed by atoms with van der Waals surface area (Å²) in [5, 5.41) is 0. The molecule has 3 rings (SSSR count). The molecule has 0 aliphatic rings. The van der Waals surface area contributed by atoms with Gasteiger partial charge in [0.2, 0.25) is 5.88 Å². The topological polar surface area (TPSA) is 94.0 Å². The lowest BCUT2D eigenvalue weighted by Gasteiger charge is -2.04. The van der Waals surface area contributed by atoms with Gasteiger partial charge in [-0.25, -0.2) is 9.36 Å². The summed E-state index contributed by atoms with van der Waals surface area (Å²) in [7, 11) is -3.68. The van der Waals surface area contributed by atoms with Gasteiger partial charge in [-0.3, -0.25) is 0 Å². The lowest BCUT2D eigenvalue weighted by molar-refractivity contribution is 0.483. The van der Waals surface area contributed by atoms with Crippen molar-refractivity contribution >= 4 is 21.3 Å². The molecule has 0 bridgehead atoms. The van der Waals surface area contributed by atoms with Crippen LogP contribution in [0.25, 0.3) is 16.9 Å². The Kier molecular flexibility index (Phi) is 3.02. The fourth-order valence-electron chi connectivity index (χ4n) is 1.98. The highest BCUT2D eigenvalue weighted by Gasteiger charge is 2.13. The van der Waals surface area contributed by atoms with Crippen LogP contribution >= 0.6 is 0 Å². The minimum Gasteiger partial charge on any atom is -0.362 e. The van der Waals surface area contributed by atoms with Crippen molar-refractivity contribution in [3.8, 4) is 11.6 Å². The molecule has 7 nitrogen and oxygen atoms in total. The molecule has 8 heteroatoms. The lowest BCUT2D eigenvalue weighted by atomic mass is 10.3. The van der Waals surface area contributed by atoms with Crippen molar-refractivity contribution in [3.63, 3.8) is 0 Å². The molecule has 2 aromatic heterocycles. The zero-order valence-corrected chi connectivity index (χ0v) is 11.8. The number of imidazole rings is 1. The van der Waals surface area contributed by atoms with E-state index in [2.05, 4.69) is 9.97 Å². The summed E-state index contributed by atoms with van der Waals surface area (Å²) in [5.74, 6) is -0.0892. The summed E-state index contributed by atoms with van der Waals surface area (Å²) in [6.45, 7) is 0. The molecule has 0 aliphatic heterocycles. The summed E-state index contributed by atoms with van der Waals surface area (Å²) in [4.78, 5) is 18.8. The average molecular weight is 305 g/mol. The molecule has 1 N–H and O–H groups in total. The summed E-state index contributed by atoms with van der Waals surface area (Å²) >= 11 is 0. The lowest BCUT2D eigenvalue weighted by Crippen LogP contribution is -2.15. The van der Waals surface area contributed by atoms with Crippen molar-refractivity contribution in [3.05, 3.63) is 52.9 Å². The molecule has 0 amide bonds. The summed E-state index contributed by atoms with van der Waals surface area (Å²) in [6.07, 6.45) is 0.931. The number of H-pyrrole nitrogens is 1. The highest BCUT2D eigenvalue weighted by Crippen LogP contribution is 2.18. The molecular formula is C13H11N3O4S. The molecule has 1 aromatic carbocycles. The van der Waals surface area contributed by atoms with Gasteiger partial charge in [0, 0.05) is 6.07 Å². The van der Waals surface area contributed by atoms with Gasteiger partial charge in [0.1, 0.15) is 0 Å². The van der Waals surface area contributed by atoms with Crippen molar-refractivity contribution in [2.75, 3.05) is 6.26 Å². The number of nitrogens with zero attached hydrogens (tertiary/aromatic N) is 2. The molecule has 0 spiro atoms. The van der Waals surface area contributed by atoms with Crippen LogP contribution in [0.15, 0.2) is 47.3 Å². The quantitative estimate of drug-likeness (QED) is 0.730. The Morgan fingerprint density at radius 3 is 2.52 bits per heavy atom. The van der Waals surface area contributed by atoms with Gasteiger partial charge in [-0.05, 0) is 18.2 Å². The van der Waals surface area contributed by atoms with E-state index in [-0.39, 0.29) is 11.6 Å². The molecule has 0 aliphatic carbocycles. The van der Waals surface area contributed by atoms with Gasteiger partial charge in [-0.2, -0.15) is 13.4 Å². The first kappa shape index (κ1) is 13.4. The van der Waals surface area contributed by atoms with E-state index in [1.54, 1.807) is 30.3 Å². The van der Waals surface area contributed by atoms with Crippen LogP contribution in [0.2, 0.25) is 0 Å². The van der Waals surface area contributed by atoms with Crippen LogP contribution in [0.5, 0.6) is 5.88 Å². The fourth-order valence-corrected chi connectivity index (χ4v) is 2.39. The van der Waals surface area contributed by atoms with Crippen molar-refractivity contribution in [1.29, 1.82) is 0 Å². The standard InChI is InChI=1S/C13H11N3O4S/c1-21(18,19)20-11-8-7-10-12(15-11)16(13(17)14-10)9-5-3-2-4-6-9/h2-8H,1H3,(H,14,17). The summed E-state index contributed by atoms with van der Waals surface area (Å²) in [6, 6.07) is 11.8. The number of fused-ring (bicyclic) bond motifs is 1. The van der Waals surface area contributed by atoms with Crippen LogP contribution < -0.4 is 9.87 Å². The van der Waals surface area contributed by atoms with Crippen LogP contribution in [0.1, 0.15) is 0 Å². The number of aromatic amines is 1. The number of para-hydroxylation sites is 1. The maximum atomic E-state index is 12.0. The van der Waals surface area contributed by atoms with E-state index >= 15 is 0 Å². The van der Waals surface area contributed by atoms with Crippen molar-refractivity contribution in [2.24, 2.45) is 0 Å². The van der Waals surface area contributed by atoms with Gasteiger partial charge < -0.3 is 9.17 Å². The fraction of sp³-hybridized carbons (Fsp3) is 0.0769. The molecule has 21 heavy (non-hydrogen) atoms. The first-order chi connectivity index (χ1) is 9.94. The minimum absolute atomic E-state index is 0.0892. The normalized spacial score (nSPS) is 11.7. The van der Waals surface area contributed by atoms with Gasteiger partial charge in [-0.15, -0.1) is 0 Å². The van der Waals surface area contributed by atoms with E-state index in [0.29, 0.717) is 16.9 Å². The number of rotatable bonds is 3. The summed E-state index contributed by atoms with van der Waals surface area (Å²) in [5.41, 5.74) is 1.05. The first-order valence-corrected chi connectivity index (χ1v) is 7.82. The average Bonchev–Trinajstić information content (AvgIpc) is 2.73. The van der Waals surface area contributed by atoms with E-state index in [1.165, 1.54) is 10.6 Å². The molecule has 0 saturated heterocycles. The molecular weight excluding hydrogens is 294 g/mol. The smallest absolute Gasteiger partial charge is 0.332 e. The second-order valence-electron chi connectivity index (χ2n) is 4.41. The Morgan fingerprint density at radius 2 is 1.86 bits per heavy atom. The van der Waals surface area contributed by atoms with Crippen LogP contribution in [0, 0.1) is 0 Å². The Balaban J connectivity index is 2.23. The third-order valence-corrected chi connectivity index (χ3v) is 3.23. The second-order valence-corrected chi connectivity index (χ2v) is 5.98. The van der Waals surface area contributed by atoms with E-state index in [9.17, 15) is 13.2 Å². The second kappa shape index (κ2) is 4.74. The molecule has 0 saturated carbocycles. The molecule has 0 unspecified atom stereocenters. The van der Waals surface area contributed by atoms with Crippen LogP contribution in [-0.2, 0) is 10.1 Å². The third kappa shape index (κ3) is 2.65. The van der Waals surface area contributed by atoms with Crippen LogP contribution in [-0.4, -0.2) is 29.2 Å². The maximum Gasteiger partial charge on any atom is 0.332 e. The van der Waals surface area contributed by atoms with Gasteiger partial charge >= 0.3 is 15.8 Å². The number of nitrogens with one attached hydrogen (secondary N) is 1. The Hall–Kier alpha value is -2.61. The largest absolute Gasteiger partial charge is 0.362 e. The predicted octanol–water partition coefficient (Wildman–Crippen LogP) is 1.05. The highest BCUT2D eigenvalue weighted by molar-refractivity contribution is 7.86. The number of aromatic nitrogens is 3. The zero-order chi connectivity index (χ0) is 15.0. The Labute approximate surface area is 120 Å². The SMILES string of the molecule is CS(=O)(=O)Oc1ccc2[nH]c(=O)n(-c3ccccc3)c2n1. The van der Waals surface area contributed by atoms with E-state index in [1.807, 2.05) is 6.07 Å². The van der Waals surface area contributed by atoms with Crippen molar-refractivity contribution in [2.45, 2.75) is 0 Å². The van der Waals surface area contributed by atoms with Crippen molar-refractivity contribution in [1.82, 2.24) is 14.5 Å². The van der Waals surface area contributed by atoms with E-state index in [4.69, 9.17) is 4.18 Å². The van der Waals surface area contributed by atoms with Gasteiger partial charge in [0.15, 0.2) is 5.65 Å². The number of benzene rings is 1. The van der Waals surface area contributed by atoms with Crippen LogP contribution in [0.4, 0.5) is 0 Å². The Morgan fingerprint density at radius 1 is 1.14 bits per heavy atom. The van der Waals surface area contributed by atoms with Gasteiger partial charge in [-0.1, -0.05) is 18.2 Å². The monoisotopic (exact) mass is 305 g/mol. The molecule has 0 fully saturated rings. The van der Waals surface area contributed by atoms with Crippen molar-refractivity contribution < 1.29 is 12.6 Å². The number of hydrogen-bond acceptors (Lipinski definition) is 5. The third-order valence-electron chi connectivity index (χ3n) is 2.76. The molecule has 0 radical (unpaired) electrons. The minimum atomic E-state index is -3.68. The van der Waals surface area contributed by atoms with Gasteiger partial charge in [0.05, 0.1) is 17.5 Å². The van der Waals surface area contributed by atoms with E-state index < -0.39 is 10.1 Å². The number of pyridine rings is 1. The molecule has 0 atom stereocenters. The molecule has 108 valence electrons. The van der Waals surface area contributed by atoms with Crippen LogP contribution in [0.3, 0.4) is 0 Å². The molecule has 3 aromatic rings. The van der Waals surface area contributed by atoms with E-state index in [0.717, 1.165) is 6.26 Å². The summed E-state index contributed by atoms with van der Waals surface area (Å²) < 4.78 is 28.4. The highest BCUT2D eigenvalue weighted by atomic mass is 32.2. The zero-order valence-electron chi connectivity index (χ0n) is 11.0. The maximum absolute atomic E-state index is 12.0. The van der Waals surface area contributed by atoms with Gasteiger partial charge in [0.25, 0.3) is 0 Å². The Bertz CT molecular complexity index is 958. The molecule has 2 heterocycles. The number of hydrogen-bond donors (Lipinski definition) is 1. The first-order valence-electron chi connectivity index (χ1n) is 6.01. The predicted molar refractivity (Wildman–Crippen MR) is 77.2 cm³/mol.